The number of hydrogen-bond acceptors (Lipinski definition) is 4. The monoisotopic (exact) mass is 447 g/mol. The van der Waals surface area contributed by atoms with Gasteiger partial charge in [0.05, 0.1) is 35.0 Å². The summed E-state index contributed by atoms with van der Waals surface area (Å²) >= 11 is 0. The zero-order valence-corrected chi connectivity index (χ0v) is 19.2. The van der Waals surface area contributed by atoms with Crippen LogP contribution in [0.1, 0.15) is 34.5 Å². The van der Waals surface area contributed by atoms with Crippen LogP contribution in [0, 0.1) is 5.92 Å². The van der Waals surface area contributed by atoms with Crippen molar-refractivity contribution in [1.29, 1.82) is 0 Å². The van der Waals surface area contributed by atoms with Crippen LogP contribution < -0.4 is 10.5 Å². The second kappa shape index (κ2) is 7.73. The number of methoxy groups -OCH3 is 1. The number of carbonyl (C=O) groups excluding carboxylic acids is 1. The molecule has 5 heteroatoms. The van der Waals surface area contributed by atoms with E-state index in [2.05, 4.69) is 22.8 Å². The normalized spacial score (nSPS) is 17.8. The highest BCUT2D eigenvalue weighted by atomic mass is 16.5. The molecule has 0 fully saturated rings. The minimum absolute atomic E-state index is 0.0725. The second-order valence-electron chi connectivity index (χ2n) is 8.97. The van der Waals surface area contributed by atoms with E-state index in [1.165, 1.54) is 0 Å². The van der Waals surface area contributed by atoms with Gasteiger partial charge in [-0.3, -0.25) is 9.36 Å². The average molecular weight is 448 g/mol. The largest absolute Gasteiger partial charge is 0.497 e. The molecular weight excluding hydrogens is 422 g/mol. The fourth-order valence-electron chi connectivity index (χ4n) is 5.38. The van der Waals surface area contributed by atoms with Crippen molar-refractivity contribution >= 4 is 33.4 Å². The number of para-hydroxylation sites is 1. The lowest BCUT2D eigenvalue weighted by Crippen LogP contribution is -2.30. The van der Waals surface area contributed by atoms with Crippen LogP contribution in [0.15, 0.2) is 78.9 Å². The Balaban J connectivity index is 1.63. The molecule has 1 aliphatic carbocycles. The number of aromatic nitrogens is 2. The molecule has 34 heavy (non-hydrogen) atoms. The fourth-order valence-corrected chi connectivity index (χ4v) is 5.38. The van der Waals surface area contributed by atoms with Crippen LogP contribution in [0.3, 0.4) is 0 Å². The molecule has 2 atom stereocenters. The van der Waals surface area contributed by atoms with E-state index in [0.29, 0.717) is 17.7 Å². The number of ether oxygens (including phenoxy) is 1. The van der Waals surface area contributed by atoms with Crippen LogP contribution in [-0.4, -0.2) is 22.4 Å². The summed E-state index contributed by atoms with van der Waals surface area (Å²) < 4.78 is 7.47. The van der Waals surface area contributed by atoms with Gasteiger partial charge in [-0.15, -0.1) is 0 Å². The molecule has 5 aromatic rings. The van der Waals surface area contributed by atoms with Gasteiger partial charge in [0.1, 0.15) is 11.4 Å². The maximum Gasteiger partial charge on any atom is 0.170 e. The molecule has 1 aliphatic rings. The maximum atomic E-state index is 13.6. The summed E-state index contributed by atoms with van der Waals surface area (Å²) in [6.45, 7) is 2.01. The minimum atomic E-state index is -0.161. The van der Waals surface area contributed by atoms with E-state index < -0.39 is 0 Å². The Morgan fingerprint density at radius 3 is 2.41 bits per heavy atom. The standard InChI is InChI=1S/C29H25N3O2/c1-17-22(18-8-4-3-5-9-18)16-23-26(28(17)33)27(30)25-21-10-6-7-11-24(21)32(29(25)31-23)19-12-14-20(34-2)15-13-19/h3-15,17,22H,16H2,1-2H3,(H2,30,31). The topological polar surface area (TPSA) is 70.1 Å². The first kappa shape index (κ1) is 20.5. The molecule has 2 heterocycles. The number of anilines is 1. The fraction of sp³-hybridized carbons (Fsp3) is 0.172. The molecule has 6 rings (SSSR count). The Hall–Kier alpha value is -4.12. The van der Waals surface area contributed by atoms with Gasteiger partial charge in [0.2, 0.25) is 0 Å². The van der Waals surface area contributed by atoms with Crippen LogP contribution in [0.4, 0.5) is 5.69 Å². The number of hydrogen-bond donors (Lipinski definition) is 1. The van der Waals surface area contributed by atoms with E-state index in [1.807, 2.05) is 67.6 Å². The molecule has 0 saturated heterocycles. The molecule has 0 amide bonds. The Kier molecular flexibility index (Phi) is 4.66. The van der Waals surface area contributed by atoms with Crippen molar-refractivity contribution in [1.82, 2.24) is 9.55 Å². The number of nitrogens with two attached hydrogens (primary N) is 1. The number of benzene rings is 3. The van der Waals surface area contributed by atoms with Gasteiger partial charge in [0.15, 0.2) is 5.78 Å². The third-order valence-electron chi connectivity index (χ3n) is 7.15. The summed E-state index contributed by atoms with van der Waals surface area (Å²) in [4.78, 5) is 18.7. The summed E-state index contributed by atoms with van der Waals surface area (Å²) in [6.07, 6.45) is 0.677. The van der Waals surface area contributed by atoms with Crippen LogP contribution in [0.5, 0.6) is 5.75 Å². The van der Waals surface area contributed by atoms with Crippen molar-refractivity contribution in [2.45, 2.75) is 19.3 Å². The average Bonchev–Trinajstić information content (AvgIpc) is 3.21. The van der Waals surface area contributed by atoms with E-state index in [0.717, 1.165) is 44.6 Å². The minimum Gasteiger partial charge on any atom is -0.497 e. The number of pyridine rings is 1. The predicted octanol–water partition coefficient (Wildman–Crippen LogP) is 5.93. The van der Waals surface area contributed by atoms with Gasteiger partial charge < -0.3 is 10.5 Å². The summed E-state index contributed by atoms with van der Waals surface area (Å²) in [7, 11) is 1.66. The Bertz CT molecular complexity index is 1550. The van der Waals surface area contributed by atoms with Gasteiger partial charge in [-0.1, -0.05) is 55.5 Å². The molecule has 2 unspecified atom stereocenters. The summed E-state index contributed by atoms with van der Waals surface area (Å²) in [5, 5.41) is 1.83. The zero-order valence-electron chi connectivity index (χ0n) is 19.2. The van der Waals surface area contributed by atoms with E-state index in [1.54, 1.807) is 7.11 Å². The third-order valence-corrected chi connectivity index (χ3v) is 7.15. The molecule has 3 aromatic carbocycles. The summed E-state index contributed by atoms with van der Waals surface area (Å²) in [5.74, 6) is 0.777. The molecule has 168 valence electrons. The molecular formula is C29H25N3O2. The lowest BCUT2D eigenvalue weighted by atomic mass is 9.74. The van der Waals surface area contributed by atoms with Crippen molar-refractivity contribution in [2.24, 2.45) is 5.92 Å². The number of Topliss-reactive ketones (excluding diaryl/α,β-unsaturated/α-hetero) is 1. The lowest BCUT2D eigenvalue weighted by molar-refractivity contribution is 0.0898. The molecule has 5 nitrogen and oxygen atoms in total. The highest BCUT2D eigenvalue weighted by Crippen LogP contribution is 2.43. The van der Waals surface area contributed by atoms with Gasteiger partial charge >= 0.3 is 0 Å². The maximum absolute atomic E-state index is 13.6. The number of carbonyl (C=O) groups is 1. The van der Waals surface area contributed by atoms with Crippen molar-refractivity contribution < 1.29 is 9.53 Å². The molecule has 0 bridgehead atoms. The summed E-state index contributed by atoms with van der Waals surface area (Å²) in [6, 6.07) is 26.3. The molecule has 2 aromatic heterocycles. The highest BCUT2D eigenvalue weighted by Gasteiger charge is 2.37. The number of rotatable bonds is 3. The van der Waals surface area contributed by atoms with Crippen molar-refractivity contribution in [2.75, 3.05) is 12.8 Å². The predicted molar refractivity (Wildman–Crippen MR) is 136 cm³/mol. The van der Waals surface area contributed by atoms with Gasteiger partial charge in [-0.05, 0) is 48.2 Å². The van der Waals surface area contributed by atoms with Crippen LogP contribution in [0.25, 0.3) is 27.6 Å². The van der Waals surface area contributed by atoms with Crippen LogP contribution >= 0.6 is 0 Å². The number of nitrogen functional groups attached to an aromatic ring is 1. The van der Waals surface area contributed by atoms with E-state index >= 15 is 0 Å². The van der Waals surface area contributed by atoms with Gasteiger partial charge in [0.25, 0.3) is 0 Å². The van der Waals surface area contributed by atoms with Crippen LogP contribution in [-0.2, 0) is 6.42 Å². The Morgan fingerprint density at radius 2 is 1.68 bits per heavy atom. The lowest BCUT2D eigenvalue weighted by Gasteiger charge is -2.30. The molecule has 0 saturated carbocycles. The molecule has 0 spiro atoms. The van der Waals surface area contributed by atoms with Gasteiger partial charge in [-0.2, -0.15) is 0 Å². The first-order valence-electron chi connectivity index (χ1n) is 11.5. The second-order valence-corrected chi connectivity index (χ2v) is 8.97. The Labute approximate surface area is 197 Å². The molecule has 0 radical (unpaired) electrons. The molecule has 0 aliphatic heterocycles. The summed E-state index contributed by atoms with van der Waals surface area (Å²) in [5.41, 5.74) is 12.6. The van der Waals surface area contributed by atoms with Crippen molar-refractivity contribution in [3.8, 4) is 11.4 Å². The molecule has 2 N–H and O–H groups in total. The zero-order chi connectivity index (χ0) is 23.4. The first-order chi connectivity index (χ1) is 16.6. The van der Waals surface area contributed by atoms with Gasteiger partial charge in [0, 0.05) is 17.0 Å². The number of nitrogens with zero attached hydrogens (tertiary/aromatic N) is 2. The number of fused-ring (bicyclic) bond motifs is 4. The van der Waals surface area contributed by atoms with E-state index in [-0.39, 0.29) is 17.6 Å². The number of ketones is 1. The van der Waals surface area contributed by atoms with Crippen LogP contribution in [0.2, 0.25) is 0 Å². The smallest absolute Gasteiger partial charge is 0.170 e. The van der Waals surface area contributed by atoms with E-state index in [9.17, 15) is 4.79 Å². The van der Waals surface area contributed by atoms with E-state index in [4.69, 9.17) is 15.5 Å². The SMILES string of the molecule is COc1ccc(-n2c3ccccc3c3c(N)c4c(nc32)CC(c2ccccc2)C(C)C4=O)cc1. The highest BCUT2D eigenvalue weighted by molar-refractivity contribution is 6.19. The first-order valence-corrected chi connectivity index (χ1v) is 11.5. The van der Waals surface area contributed by atoms with Crippen molar-refractivity contribution in [3.05, 3.63) is 95.7 Å². The quantitative estimate of drug-likeness (QED) is 0.372. The van der Waals surface area contributed by atoms with Gasteiger partial charge in [-0.25, -0.2) is 4.98 Å². The Morgan fingerprint density at radius 1 is 0.971 bits per heavy atom. The third kappa shape index (κ3) is 2.93. The van der Waals surface area contributed by atoms with Crippen molar-refractivity contribution in [3.63, 3.8) is 0 Å².